The fourth-order valence-electron chi connectivity index (χ4n) is 4.36. The minimum atomic E-state index is -0.446. The molecule has 1 aliphatic rings. The lowest BCUT2D eigenvalue weighted by molar-refractivity contribution is -0.384. The lowest BCUT2D eigenvalue weighted by Crippen LogP contribution is -2.39. The van der Waals surface area contributed by atoms with Crippen LogP contribution >= 0.6 is 0 Å². The molecule has 1 aromatic heterocycles. The highest BCUT2D eigenvalue weighted by Gasteiger charge is 2.22. The maximum Gasteiger partial charge on any atom is 0.270 e. The first-order chi connectivity index (χ1) is 16.4. The second kappa shape index (κ2) is 10.3. The fraction of sp³-hybridized carbons (Fsp3) is 0.308. The van der Waals surface area contributed by atoms with Crippen molar-refractivity contribution in [1.82, 2.24) is 10.3 Å². The molecule has 2 N–H and O–H groups in total. The van der Waals surface area contributed by atoms with Crippen molar-refractivity contribution in [3.63, 3.8) is 0 Å². The number of amides is 1. The number of para-hydroxylation sites is 1. The predicted octanol–water partition coefficient (Wildman–Crippen LogP) is 4.76. The zero-order valence-electron chi connectivity index (χ0n) is 19.4. The molecule has 4 rings (SSSR count). The number of hydrogen-bond donors (Lipinski definition) is 2. The zero-order valence-corrected chi connectivity index (χ0v) is 19.4. The molecule has 2 aromatic carbocycles. The summed E-state index contributed by atoms with van der Waals surface area (Å²) in [6.07, 6.45) is 6.66. The van der Waals surface area contributed by atoms with Crippen LogP contribution in [0.2, 0.25) is 0 Å². The summed E-state index contributed by atoms with van der Waals surface area (Å²) in [7, 11) is 4.07. The SMILES string of the molecule is CN(C)c1cc(NC2CCC(NC(=O)C=Cc3cccc([N+](=O)[O-])c3)CC2)nc2ccccc12. The number of nitrogens with zero attached hydrogens (tertiary/aromatic N) is 3. The van der Waals surface area contributed by atoms with Crippen LogP contribution in [0.5, 0.6) is 0 Å². The molecule has 3 aromatic rings. The summed E-state index contributed by atoms with van der Waals surface area (Å²) in [6.45, 7) is 0. The first-order valence-corrected chi connectivity index (χ1v) is 11.5. The molecule has 1 aliphatic carbocycles. The van der Waals surface area contributed by atoms with Crippen LogP contribution in [-0.2, 0) is 4.79 Å². The van der Waals surface area contributed by atoms with Crippen LogP contribution in [0.15, 0.2) is 60.7 Å². The van der Waals surface area contributed by atoms with Crippen LogP contribution in [0, 0.1) is 10.1 Å². The van der Waals surface area contributed by atoms with Crippen molar-refractivity contribution in [2.45, 2.75) is 37.8 Å². The maximum atomic E-state index is 12.3. The van der Waals surface area contributed by atoms with Gasteiger partial charge in [-0.2, -0.15) is 0 Å². The van der Waals surface area contributed by atoms with E-state index in [9.17, 15) is 14.9 Å². The Kier molecular flexibility index (Phi) is 7.06. The minimum absolute atomic E-state index is 0.00647. The molecule has 0 aliphatic heterocycles. The van der Waals surface area contributed by atoms with Crippen molar-refractivity contribution < 1.29 is 9.72 Å². The summed E-state index contributed by atoms with van der Waals surface area (Å²) in [5.74, 6) is 0.685. The summed E-state index contributed by atoms with van der Waals surface area (Å²) in [6, 6.07) is 16.9. The molecule has 0 saturated heterocycles. The lowest BCUT2D eigenvalue weighted by Gasteiger charge is -2.30. The Morgan fingerprint density at radius 3 is 2.53 bits per heavy atom. The number of rotatable bonds is 7. The number of non-ortho nitro benzene ring substituents is 1. The van der Waals surface area contributed by atoms with Crippen LogP contribution in [0.25, 0.3) is 17.0 Å². The number of nitrogens with one attached hydrogen (secondary N) is 2. The van der Waals surface area contributed by atoms with Gasteiger partial charge in [0.05, 0.1) is 10.4 Å². The second-order valence-electron chi connectivity index (χ2n) is 8.83. The van der Waals surface area contributed by atoms with Gasteiger partial charge in [0, 0.05) is 61.5 Å². The summed E-state index contributed by atoms with van der Waals surface area (Å²) in [4.78, 5) is 29.7. The highest BCUT2D eigenvalue weighted by Crippen LogP contribution is 2.29. The Bertz CT molecular complexity index is 1220. The average Bonchev–Trinajstić information content (AvgIpc) is 2.83. The van der Waals surface area contributed by atoms with Crippen LogP contribution in [0.3, 0.4) is 0 Å². The van der Waals surface area contributed by atoms with Gasteiger partial charge in [-0.25, -0.2) is 4.98 Å². The van der Waals surface area contributed by atoms with Gasteiger partial charge >= 0.3 is 0 Å². The predicted molar refractivity (Wildman–Crippen MR) is 136 cm³/mol. The molecule has 1 amide bonds. The summed E-state index contributed by atoms with van der Waals surface area (Å²) >= 11 is 0. The van der Waals surface area contributed by atoms with E-state index in [2.05, 4.69) is 27.7 Å². The number of carbonyl (C=O) groups excluding carboxylic acids is 1. The molecule has 34 heavy (non-hydrogen) atoms. The number of fused-ring (bicyclic) bond motifs is 1. The second-order valence-corrected chi connectivity index (χ2v) is 8.83. The molecule has 0 bridgehead atoms. The molecular formula is C26H29N5O3. The molecule has 0 unspecified atom stereocenters. The van der Waals surface area contributed by atoms with Gasteiger partial charge < -0.3 is 15.5 Å². The molecule has 1 fully saturated rings. The van der Waals surface area contributed by atoms with Crippen LogP contribution < -0.4 is 15.5 Å². The van der Waals surface area contributed by atoms with Crippen molar-refractivity contribution in [3.05, 3.63) is 76.4 Å². The van der Waals surface area contributed by atoms with E-state index in [1.54, 1.807) is 18.2 Å². The van der Waals surface area contributed by atoms with Gasteiger partial charge in [-0.3, -0.25) is 14.9 Å². The van der Waals surface area contributed by atoms with Crippen molar-refractivity contribution in [3.8, 4) is 0 Å². The summed E-state index contributed by atoms with van der Waals surface area (Å²) in [5.41, 5.74) is 2.72. The van der Waals surface area contributed by atoms with Crippen molar-refractivity contribution in [2.75, 3.05) is 24.3 Å². The van der Waals surface area contributed by atoms with E-state index < -0.39 is 4.92 Å². The highest BCUT2D eigenvalue weighted by atomic mass is 16.6. The third kappa shape index (κ3) is 5.70. The first kappa shape index (κ1) is 23.2. The van der Waals surface area contributed by atoms with Gasteiger partial charge in [-0.05, 0) is 43.4 Å². The highest BCUT2D eigenvalue weighted by molar-refractivity contribution is 5.93. The third-order valence-corrected chi connectivity index (χ3v) is 6.11. The molecule has 176 valence electrons. The molecule has 8 nitrogen and oxygen atoms in total. The van der Waals surface area contributed by atoms with Gasteiger partial charge in [0.25, 0.3) is 5.69 Å². The van der Waals surface area contributed by atoms with E-state index in [4.69, 9.17) is 4.98 Å². The molecule has 1 heterocycles. The van der Waals surface area contributed by atoms with Crippen molar-refractivity contribution >= 4 is 40.1 Å². The summed E-state index contributed by atoms with van der Waals surface area (Å²) in [5, 5.41) is 18.7. The largest absolute Gasteiger partial charge is 0.377 e. The van der Waals surface area contributed by atoms with E-state index in [1.807, 2.05) is 32.3 Å². The van der Waals surface area contributed by atoms with E-state index in [0.29, 0.717) is 11.6 Å². The zero-order chi connectivity index (χ0) is 24.1. The van der Waals surface area contributed by atoms with Crippen molar-refractivity contribution in [2.24, 2.45) is 0 Å². The number of nitro groups is 1. The molecule has 0 atom stereocenters. The van der Waals surface area contributed by atoms with Crippen LogP contribution in [-0.4, -0.2) is 42.0 Å². The standard InChI is InChI=1S/C26H29N5O3/c1-30(2)24-17-25(29-23-9-4-3-8-22(23)24)27-19-11-13-20(14-12-19)28-26(32)15-10-18-6-5-7-21(16-18)31(33)34/h3-10,15-17,19-20H,11-14H2,1-2H3,(H,27,29)(H,28,32). The Morgan fingerprint density at radius 2 is 1.79 bits per heavy atom. The molecular weight excluding hydrogens is 430 g/mol. The van der Waals surface area contributed by atoms with E-state index >= 15 is 0 Å². The van der Waals surface area contributed by atoms with E-state index in [0.717, 1.165) is 48.1 Å². The topological polar surface area (TPSA) is 100 Å². The van der Waals surface area contributed by atoms with Gasteiger partial charge in [0.1, 0.15) is 5.82 Å². The Balaban J connectivity index is 1.31. The molecule has 0 radical (unpaired) electrons. The Morgan fingerprint density at radius 1 is 1.06 bits per heavy atom. The van der Waals surface area contributed by atoms with Gasteiger partial charge in [0.15, 0.2) is 0 Å². The Labute approximate surface area is 198 Å². The first-order valence-electron chi connectivity index (χ1n) is 11.5. The molecule has 0 spiro atoms. The number of carbonyl (C=O) groups is 1. The van der Waals surface area contributed by atoms with E-state index in [-0.39, 0.29) is 17.6 Å². The smallest absolute Gasteiger partial charge is 0.270 e. The molecule has 1 saturated carbocycles. The number of pyridine rings is 1. The van der Waals surface area contributed by atoms with E-state index in [1.165, 1.54) is 18.2 Å². The molecule has 8 heteroatoms. The number of benzene rings is 2. The maximum absolute atomic E-state index is 12.3. The number of aromatic nitrogens is 1. The number of hydrogen-bond acceptors (Lipinski definition) is 6. The number of nitro benzene ring substituents is 1. The van der Waals surface area contributed by atoms with Crippen LogP contribution in [0.4, 0.5) is 17.2 Å². The van der Waals surface area contributed by atoms with Gasteiger partial charge in [-0.1, -0.05) is 30.3 Å². The quantitative estimate of drug-likeness (QED) is 0.300. The fourth-order valence-corrected chi connectivity index (χ4v) is 4.36. The van der Waals surface area contributed by atoms with Gasteiger partial charge in [-0.15, -0.1) is 0 Å². The van der Waals surface area contributed by atoms with Crippen LogP contribution in [0.1, 0.15) is 31.2 Å². The average molecular weight is 460 g/mol. The normalized spacial score (nSPS) is 18.1. The lowest BCUT2D eigenvalue weighted by atomic mass is 9.91. The third-order valence-electron chi connectivity index (χ3n) is 6.11. The Hall–Kier alpha value is -3.94. The minimum Gasteiger partial charge on any atom is -0.377 e. The summed E-state index contributed by atoms with van der Waals surface area (Å²) < 4.78 is 0. The van der Waals surface area contributed by atoms with Gasteiger partial charge in [0.2, 0.25) is 5.91 Å². The monoisotopic (exact) mass is 459 g/mol. The van der Waals surface area contributed by atoms with Crippen molar-refractivity contribution in [1.29, 1.82) is 0 Å². The number of anilines is 2.